The van der Waals surface area contributed by atoms with Gasteiger partial charge in [0, 0.05) is 19.0 Å². The summed E-state index contributed by atoms with van der Waals surface area (Å²) in [6, 6.07) is 17.3. The minimum Gasteiger partial charge on any atom is -0.497 e. The third-order valence-electron chi connectivity index (χ3n) is 3.55. The van der Waals surface area contributed by atoms with Gasteiger partial charge in [-0.25, -0.2) is 0 Å². The molecule has 116 valence electrons. The lowest BCUT2D eigenvalue weighted by Gasteiger charge is -2.13. The Morgan fingerprint density at radius 2 is 1.82 bits per heavy atom. The van der Waals surface area contributed by atoms with Crippen molar-refractivity contribution in [3.05, 3.63) is 65.7 Å². The number of carbonyl (C=O) groups is 1. The Bertz CT molecular complexity index is 582. The van der Waals surface area contributed by atoms with Crippen molar-refractivity contribution in [2.45, 2.75) is 18.9 Å². The van der Waals surface area contributed by atoms with Crippen LogP contribution in [-0.4, -0.2) is 19.6 Å². The molecule has 3 N–H and O–H groups in total. The van der Waals surface area contributed by atoms with Gasteiger partial charge < -0.3 is 15.8 Å². The molecule has 0 saturated carbocycles. The first-order chi connectivity index (χ1) is 10.7. The van der Waals surface area contributed by atoms with Crippen LogP contribution in [0.5, 0.6) is 5.75 Å². The van der Waals surface area contributed by atoms with Crippen molar-refractivity contribution in [1.82, 2.24) is 5.32 Å². The summed E-state index contributed by atoms with van der Waals surface area (Å²) >= 11 is 0. The average molecular weight is 298 g/mol. The highest BCUT2D eigenvalue weighted by molar-refractivity contribution is 5.76. The average Bonchev–Trinajstić information content (AvgIpc) is 2.59. The molecule has 0 aliphatic carbocycles. The van der Waals surface area contributed by atoms with Crippen LogP contribution in [0.1, 0.15) is 23.6 Å². The lowest BCUT2D eigenvalue weighted by atomic mass is 10.1. The summed E-state index contributed by atoms with van der Waals surface area (Å²) in [5, 5.41) is 2.89. The van der Waals surface area contributed by atoms with Gasteiger partial charge >= 0.3 is 0 Å². The number of aryl methyl sites for hydroxylation is 1. The van der Waals surface area contributed by atoms with Crippen molar-refractivity contribution >= 4 is 5.91 Å². The predicted octanol–water partition coefficient (Wildman–Crippen LogP) is 2.44. The summed E-state index contributed by atoms with van der Waals surface area (Å²) in [6.45, 7) is 0.450. The van der Waals surface area contributed by atoms with Crippen LogP contribution >= 0.6 is 0 Å². The van der Waals surface area contributed by atoms with Crippen LogP contribution in [0.2, 0.25) is 0 Å². The molecule has 4 nitrogen and oxygen atoms in total. The number of amides is 1. The molecular weight excluding hydrogens is 276 g/mol. The normalized spacial score (nSPS) is 11.7. The Balaban J connectivity index is 1.73. The highest BCUT2D eigenvalue weighted by Gasteiger charge is 2.08. The van der Waals surface area contributed by atoms with E-state index in [0.717, 1.165) is 16.9 Å². The molecule has 0 aliphatic heterocycles. The van der Waals surface area contributed by atoms with Crippen LogP contribution in [0.4, 0.5) is 0 Å². The number of benzene rings is 2. The maximum absolute atomic E-state index is 11.9. The zero-order chi connectivity index (χ0) is 15.8. The van der Waals surface area contributed by atoms with Gasteiger partial charge in [0.25, 0.3) is 0 Å². The van der Waals surface area contributed by atoms with Crippen molar-refractivity contribution in [3.8, 4) is 5.75 Å². The molecule has 0 radical (unpaired) electrons. The molecule has 0 aromatic heterocycles. The number of methoxy groups -OCH3 is 1. The van der Waals surface area contributed by atoms with Gasteiger partial charge in [0.2, 0.25) is 5.91 Å². The highest BCUT2D eigenvalue weighted by Crippen LogP contribution is 2.12. The van der Waals surface area contributed by atoms with E-state index in [1.807, 2.05) is 54.6 Å². The number of rotatable bonds is 7. The molecule has 0 heterocycles. The van der Waals surface area contributed by atoms with E-state index in [2.05, 4.69) is 5.32 Å². The van der Waals surface area contributed by atoms with Crippen LogP contribution in [0.3, 0.4) is 0 Å². The second kappa shape index (κ2) is 8.20. The first kappa shape index (κ1) is 16.0. The highest BCUT2D eigenvalue weighted by atomic mass is 16.5. The monoisotopic (exact) mass is 298 g/mol. The summed E-state index contributed by atoms with van der Waals surface area (Å²) < 4.78 is 5.11. The number of nitrogens with two attached hydrogens (primary N) is 1. The van der Waals surface area contributed by atoms with Crippen molar-refractivity contribution in [3.63, 3.8) is 0 Å². The Labute approximate surface area is 131 Å². The Kier molecular flexibility index (Phi) is 5.98. The van der Waals surface area contributed by atoms with Gasteiger partial charge in [0.15, 0.2) is 0 Å². The van der Waals surface area contributed by atoms with Crippen LogP contribution in [0.25, 0.3) is 0 Å². The molecule has 1 unspecified atom stereocenters. The fourth-order valence-corrected chi connectivity index (χ4v) is 2.18. The van der Waals surface area contributed by atoms with Crippen LogP contribution in [0.15, 0.2) is 54.6 Å². The first-order valence-corrected chi connectivity index (χ1v) is 7.39. The standard InChI is InChI=1S/C18H22N2O2/c1-22-16-10-7-14(8-11-16)9-12-18(21)20-13-17(19)15-5-3-2-4-6-15/h2-8,10-11,17H,9,12-13,19H2,1H3,(H,20,21). The predicted molar refractivity (Wildman–Crippen MR) is 87.7 cm³/mol. The van der Waals surface area contributed by atoms with Gasteiger partial charge in [0.05, 0.1) is 7.11 Å². The van der Waals surface area contributed by atoms with E-state index in [1.54, 1.807) is 7.11 Å². The zero-order valence-electron chi connectivity index (χ0n) is 12.8. The van der Waals surface area contributed by atoms with Gasteiger partial charge in [-0.3, -0.25) is 4.79 Å². The minimum absolute atomic E-state index is 0.0159. The third-order valence-corrected chi connectivity index (χ3v) is 3.55. The number of carbonyl (C=O) groups excluding carboxylic acids is 1. The molecule has 0 fully saturated rings. The van der Waals surface area contributed by atoms with Crippen molar-refractivity contribution in [2.75, 3.05) is 13.7 Å². The van der Waals surface area contributed by atoms with Gasteiger partial charge in [-0.05, 0) is 29.7 Å². The molecule has 0 aliphatic rings. The lowest BCUT2D eigenvalue weighted by Crippen LogP contribution is -2.32. The smallest absolute Gasteiger partial charge is 0.220 e. The van der Waals surface area contributed by atoms with Crippen LogP contribution in [0, 0.1) is 0 Å². The van der Waals surface area contributed by atoms with Gasteiger partial charge in [-0.15, -0.1) is 0 Å². The maximum Gasteiger partial charge on any atom is 0.220 e. The summed E-state index contributed by atoms with van der Waals surface area (Å²) in [5.41, 5.74) is 8.19. The summed E-state index contributed by atoms with van der Waals surface area (Å²) in [6.07, 6.45) is 1.16. The van der Waals surface area contributed by atoms with Crippen molar-refractivity contribution < 1.29 is 9.53 Å². The largest absolute Gasteiger partial charge is 0.497 e. The van der Waals surface area contributed by atoms with Crippen LogP contribution in [-0.2, 0) is 11.2 Å². The van der Waals surface area contributed by atoms with Gasteiger partial charge in [0.1, 0.15) is 5.75 Å². The number of hydrogen-bond donors (Lipinski definition) is 2. The van der Waals surface area contributed by atoms with Crippen molar-refractivity contribution in [1.29, 1.82) is 0 Å². The SMILES string of the molecule is COc1ccc(CCC(=O)NCC(N)c2ccccc2)cc1. The molecule has 0 spiro atoms. The molecule has 1 atom stereocenters. The molecule has 1 amide bonds. The van der Waals surface area contributed by atoms with E-state index < -0.39 is 0 Å². The number of ether oxygens (including phenoxy) is 1. The Morgan fingerprint density at radius 1 is 1.14 bits per heavy atom. The summed E-state index contributed by atoms with van der Waals surface area (Å²) in [7, 11) is 1.64. The second-order valence-corrected chi connectivity index (χ2v) is 5.17. The molecule has 22 heavy (non-hydrogen) atoms. The molecule has 2 rings (SSSR count). The van der Waals surface area contributed by atoms with Gasteiger partial charge in [-0.2, -0.15) is 0 Å². The number of hydrogen-bond acceptors (Lipinski definition) is 3. The van der Waals surface area contributed by atoms with E-state index in [9.17, 15) is 4.79 Å². The summed E-state index contributed by atoms with van der Waals surface area (Å²) in [5.74, 6) is 0.837. The topological polar surface area (TPSA) is 64.3 Å². The molecular formula is C18H22N2O2. The fraction of sp³-hybridized carbons (Fsp3) is 0.278. The number of nitrogens with one attached hydrogen (secondary N) is 1. The quantitative estimate of drug-likeness (QED) is 0.825. The Hall–Kier alpha value is -2.33. The fourth-order valence-electron chi connectivity index (χ4n) is 2.18. The molecule has 2 aromatic carbocycles. The van der Waals surface area contributed by atoms with Crippen molar-refractivity contribution in [2.24, 2.45) is 5.73 Å². The second-order valence-electron chi connectivity index (χ2n) is 5.17. The van der Waals surface area contributed by atoms with E-state index in [0.29, 0.717) is 19.4 Å². The maximum atomic E-state index is 11.9. The molecule has 2 aromatic rings. The molecule has 0 saturated heterocycles. The Morgan fingerprint density at radius 3 is 2.45 bits per heavy atom. The van der Waals surface area contributed by atoms with Crippen LogP contribution < -0.4 is 15.8 Å². The van der Waals surface area contributed by atoms with E-state index in [1.165, 1.54) is 0 Å². The third kappa shape index (κ3) is 4.90. The minimum atomic E-state index is -0.175. The summed E-state index contributed by atoms with van der Waals surface area (Å²) in [4.78, 5) is 11.9. The molecule has 4 heteroatoms. The lowest BCUT2D eigenvalue weighted by molar-refractivity contribution is -0.121. The molecule has 0 bridgehead atoms. The zero-order valence-corrected chi connectivity index (χ0v) is 12.8. The first-order valence-electron chi connectivity index (χ1n) is 7.39. The van der Waals surface area contributed by atoms with Gasteiger partial charge in [-0.1, -0.05) is 42.5 Å². The van der Waals surface area contributed by atoms with E-state index >= 15 is 0 Å². The van der Waals surface area contributed by atoms with E-state index in [4.69, 9.17) is 10.5 Å². The van der Waals surface area contributed by atoms with E-state index in [-0.39, 0.29) is 11.9 Å².